The molecule has 0 amide bonds. The lowest BCUT2D eigenvalue weighted by Gasteiger charge is -2.15. The number of nitriles is 1. The number of fused-ring (bicyclic) bond motifs is 1. The second-order valence-corrected chi connectivity index (χ2v) is 7.93. The zero-order chi connectivity index (χ0) is 22.5. The Kier molecular flexibility index (Phi) is 6.46. The van der Waals surface area contributed by atoms with Gasteiger partial charge in [0.05, 0.1) is 23.4 Å². The number of hydrogen-bond donors (Lipinski definition) is 3. The Morgan fingerprint density at radius 3 is 2.62 bits per heavy atom. The van der Waals surface area contributed by atoms with Crippen LogP contribution in [0.3, 0.4) is 0 Å². The van der Waals surface area contributed by atoms with Crippen LogP contribution in [0, 0.1) is 25.2 Å². The molecule has 0 spiro atoms. The highest BCUT2D eigenvalue weighted by Gasteiger charge is 2.12. The number of pyridine rings is 1. The van der Waals surface area contributed by atoms with Gasteiger partial charge in [0.2, 0.25) is 0 Å². The van der Waals surface area contributed by atoms with Crippen LogP contribution in [0.25, 0.3) is 22.0 Å². The van der Waals surface area contributed by atoms with Gasteiger partial charge in [-0.2, -0.15) is 5.26 Å². The minimum absolute atomic E-state index is 0.124. The van der Waals surface area contributed by atoms with E-state index in [1.165, 1.54) is 5.56 Å². The maximum Gasteiger partial charge on any atom is 0.103 e. The normalized spacial score (nSPS) is 10.8. The van der Waals surface area contributed by atoms with E-state index in [2.05, 4.69) is 78.0 Å². The van der Waals surface area contributed by atoms with Gasteiger partial charge in [-0.1, -0.05) is 48.0 Å². The summed E-state index contributed by atoms with van der Waals surface area (Å²) in [6.07, 6.45) is 1.63. The smallest absolute Gasteiger partial charge is 0.103 e. The summed E-state index contributed by atoms with van der Waals surface area (Å²) in [7, 11) is 0. The second-order valence-electron chi connectivity index (χ2n) is 7.93. The number of rotatable bonds is 7. The van der Waals surface area contributed by atoms with Crippen molar-refractivity contribution >= 4 is 22.3 Å². The van der Waals surface area contributed by atoms with Crippen molar-refractivity contribution in [2.45, 2.75) is 20.4 Å². The Balaban J connectivity index is 1.71. The highest BCUT2D eigenvalue weighted by atomic mass is 16.3. The number of aliphatic hydroxyl groups excluding tert-OH is 1. The van der Waals surface area contributed by atoms with Gasteiger partial charge in [-0.25, -0.2) is 0 Å². The Hall–Kier alpha value is -3.72. The SMILES string of the molecule is Cc1ccc(Nc2c(C#N)cnc3cc(-c4cccc(CNCCO)c4)ccc23)c(C)c1. The molecule has 1 heterocycles. The Morgan fingerprint density at radius 1 is 1.00 bits per heavy atom. The number of aliphatic hydroxyl groups is 1. The summed E-state index contributed by atoms with van der Waals surface area (Å²) < 4.78 is 0. The number of aromatic nitrogens is 1. The van der Waals surface area contributed by atoms with Crippen LogP contribution in [0.5, 0.6) is 0 Å². The maximum atomic E-state index is 9.67. The predicted octanol–water partition coefficient (Wildman–Crippen LogP) is 5.22. The van der Waals surface area contributed by atoms with Crippen molar-refractivity contribution in [3.8, 4) is 17.2 Å². The van der Waals surface area contributed by atoms with E-state index in [0.717, 1.165) is 44.5 Å². The molecule has 0 fully saturated rings. The Morgan fingerprint density at radius 2 is 1.84 bits per heavy atom. The molecule has 3 N–H and O–H groups in total. The van der Waals surface area contributed by atoms with Crippen LogP contribution in [0.2, 0.25) is 0 Å². The van der Waals surface area contributed by atoms with E-state index in [1.54, 1.807) is 6.20 Å². The van der Waals surface area contributed by atoms with Crippen LogP contribution in [0.1, 0.15) is 22.3 Å². The molecule has 5 heteroatoms. The molecule has 32 heavy (non-hydrogen) atoms. The van der Waals surface area contributed by atoms with E-state index in [4.69, 9.17) is 5.11 Å². The predicted molar refractivity (Wildman–Crippen MR) is 130 cm³/mol. The summed E-state index contributed by atoms with van der Waals surface area (Å²) in [6, 6.07) is 23.0. The Labute approximate surface area is 188 Å². The summed E-state index contributed by atoms with van der Waals surface area (Å²) in [5.74, 6) is 0. The number of hydrogen-bond acceptors (Lipinski definition) is 5. The molecular formula is C27H26N4O. The number of nitrogens with zero attached hydrogens (tertiary/aromatic N) is 2. The topological polar surface area (TPSA) is 81.0 Å². The molecule has 0 saturated carbocycles. The second kappa shape index (κ2) is 9.61. The van der Waals surface area contributed by atoms with E-state index in [0.29, 0.717) is 18.7 Å². The van der Waals surface area contributed by atoms with Gasteiger partial charge >= 0.3 is 0 Å². The summed E-state index contributed by atoms with van der Waals surface area (Å²) in [4.78, 5) is 4.56. The quantitative estimate of drug-likeness (QED) is 0.356. The molecule has 3 aromatic carbocycles. The number of benzene rings is 3. The first-order chi connectivity index (χ1) is 15.6. The molecule has 0 saturated heterocycles. The monoisotopic (exact) mass is 422 g/mol. The first-order valence-electron chi connectivity index (χ1n) is 10.7. The van der Waals surface area contributed by atoms with Gasteiger partial charge < -0.3 is 15.7 Å². The van der Waals surface area contributed by atoms with Crippen molar-refractivity contribution in [1.29, 1.82) is 5.26 Å². The average molecular weight is 423 g/mol. The summed E-state index contributed by atoms with van der Waals surface area (Å²) >= 11 is 0. The summed E-state index contributed by atoms with van der Waals surface area (Å²) in [5, 5.41) is 26.2. The zero-order valence-corrected chi connectivity index (χ0v) is 18.3. The molecule has 0 aliphatic rings. The molecule has 5 nitrogen and oxygen atoms in total. The lowest BCUT2D eigenvalue weighted by molar-refractivity contribution is 0.292. The van der Waals surface area contributed by atoms with Crippen molar-refractivity contribution in [1.82, 2.24) is 10.3 Å². The molecule has 1 aromatic heterocycles. The number of anilines is 2. The highest BCUT2D eigenvalue weighted by Crippen LogP contribution is 2.33. The van der Waals surface area contributed by atoms with E-state index in [-0.39, 0.29) is 6.61 Å². The van der Waals surface area contributed by atoms with Crippen LogP contribution in [0.15, 0.2) is 66.9 Å². The molecule has 0 bridgehead atoms. The maximum absolute atomic E-state index is 9.67. The third kappa shape index (κ3) is 4.62. The van der Waals surface area contributed by atoms with Gasteiger partial charge in [0.25, 0.3) is 0 Å². The van der Waals surface area contributed by atoms with Crippen LogP contribution >= 0.6 is 0 Å². The van der Waals surface area contributed by atoms with Gasteiger partial charge in [-0.15, -0.1) is 0 Å². The summed E-state index contributed by atoms with van der Waals surface area (Å²) in [6.45, 7) is 5.53. The zero-order valence-electron chi connectivity index (χ0n) is 18.3. The van der Waals surface area contributed by atoms with E-state index in [9.17, 15) is 5.26 Å². The molecule has 0 aliphatic heterocycles. The van der Waals surface area contributed by atoms with Gasteiger partial charge in [-0.05, 0) is 54.3 Å². The van der Waals surface area contributed by atoms with Crippen LogP contribution in [0.4, 0.5) is 11.4 Å². The third-order valence-electron chi connectivity index (χ3n) is 5.51. The largest absolute Gasteiger partial charge is 0.395 e. The van der Waals surface area contributed by atoms with Crippen LogP contribution in [-0.2, 0) is 6.54 Å². The number of aryl methyl sites for hydroxylation is 2. The molecular weight excluding hydrogens is 396 g/mol. The first kappa shape index (κ1) is 21.5. The van der Waals surface area contributed by atoms with Gasteiger partial charge in [0.15, 0.2) is 0 Å². The number of nitrogens with one attached hydrogen (secondary N) is 2. The first-order valence-corrected chi connectivity index (χ1v) is 10.7. The highest BCUT2D eigenvalue weighted by molar-refractivity contribution is 5.97. The molecule has 0 radical (unpaired) electrons. The minimum Gasteiger partial charge on any atom is -0.395 e. The van der Waals surface area contributed by atoms with Crippen molar-refractivity contribution in [2.24, 2.45) is 0 Å². The van der Waals surface area contributed by atoms with E-state index < -0.39 is 0 Å². The fourth-order valence-corrected chi connectivity index (χ4v) is 3.85. The van der Waals surface area contributed by atoms with Crippen molar-refractivity contribution in [3.05, 3.63) is 89.1 Å². The van der Waals surface area contributed by atoms with E-state index in [1.807, 2.05) is 18.2 Å². The van der Waals surface area contributed by atoms with Crippen molar-refractivity contribution in [3.63, 3.8) is 0 Å². The third-order valence-corrected chi connectivity index (χ3v) is 5.51. The molecule has 0 aliphatic carbocycles. The fourth-order valence-electron chi connectivity index (χ4n) is 3.85. The van der Waals surface area contributed by atoms with Gasteiger partial charge in [-0.3, -0.25) is 4.98 Å². The molecule has 160 valence electrons. The minimum atomic E-state index is 0.124. The average Bonchev–Trinajstić information content (AvgIpc) is 2.81. The van der Waals surface area contributed by atoms with Crippen molar-refractivity contribution in [2.75, 3.05) is 18.5 Å². The van der Waals surface area contributed by atoms with E-state index >= 15 is 0 Å². The van der Waals surface area contributed by atoms with Gasteiger partial charge in [0.1, 0.15) is 6.07 Å². The molecule has 0 unspecified atom stereocenters. The Bertz CT molecular complexity index is 1310. The van der Waals surface area contributed by atoms with Crippen LogP contribution in [-0.4, -0.2) is 23.2 Å². The lowest BCUT2D eigenvalue weighted by Crippen LogP contribution is -2.17. The van der Waals surface area contributed by atoms with Gasteiger partial charge in [0, 0.05) is 30.4 Å². The molecule has 4 rings (SSSR count). The molecule has 0 atom stereocenters. The lowest BCUT2D eigenvalue weighted by atomic mass is 10.00. The standard InChI is InChI=1S/C27H26N4O/c1-18-6-9-25(19(2)12-18)31-27-23(15-28)17-30-26-14-22(7-8-24(26)27)21-5-3-4-20(13-21)16-29-10-11-32/h3-9,12-14,17,29,32H,10-11,16H2,1-2H3,(H,30,31). The fraction of sp³-hybridized carbons (Fsp3) is 0.185. The molecule has 4 aromatic rings. The van der Waals surface area contributed by atoms with Crippen molar-refractivity contribution < 1.29 is 5.11 Å². The summed E-state index contributed by atoms with van der Waals surface area (Å²) in [5.41, 5.74) is 8.75. The van der Waals surface area contributed by atoms with Crippen LogP contribution < -0.4 is 10.6 Å².